The number of amides is 1. The fourth-order valence-corrected chi connectivity index (χ4v) is 2.98. The number of aromatic nitrogens is 3. The zero-order chi connectivity index (χ0) is 15.7. The van der Waals surface area contributed by atoms with Gasteiger partial charge in [-0.05, 0) is 31.2 Å². The standard InChI is InChI=1S/C16H22N4O2/c1-10(2)13-7-14(22-19-13)16(21)20-6-4-5-12(9-20)15-11(3)8-17-18-15/h7-8,10,12H,4-6,9H2,1-3H3,(H,17,18)/t12-/m1/s1. The number of aryl methyl sites for hydroxylation is 1. The molecule has 2 aromatic rings. The summed E-state index contributed by atoms with van der Waals surface area (Å²) in [7, 11) is 0. The van der Waals surface area contributed by atoms with Gasteiger partial charge in [0, 0.05) is 30.8 Å². The van der Waals surface area contributed by atoms with Crippen LogP contribution in [0.2, 0.25) is 0 Å². The Balaban J connectivity index is 1.73. The molecule has 1 amide bonds. The van der Waals surface area contributed by atoms with Gasteiger partial charge in [-0.1, -0.05) is 19.0 Å². The highest BCUT2D eigenvalue weighted by Crippen LogP contribution is 2.28. The van der Waals surface area contributed by atoms with E-state index in [1.807, 2.05) is 31.9 Å². The number of aromatic amines is 1. The number of carbonyl (C=O) groups is 1. The van der Waals surface area contributed by atoms with Crippen molar-refractivity contribution in [2.45, 2.75) is 45.4 Å². The third kappa shape index (κ3) is 2.77. The third-order valence-electron chi connectivity index (χ3n) is 4.32. The van der Waals surface area contributed by atoms with Crippen molar-refractivity contribution in [2.75, 3.05) is 13.1 Å². The van der Waals surface area contributed by atoms with Crippen LogP contribution in [0.1, 0.15) is 66.0 Å². The lowest BCUT2D eigenvalue weighted by molar-refractivity contribution is 0.0663. The van der Waals surface area contributed by atoms with Crippen LogP contribution in [0, 0.1) is 6.92 Å². The average Bonchev–Trinajstić information content (AvgIpc) is 3.15. The summed E-state index contributed by atoms with van der Waals surface area (Å²) in [6.45, 7) is 7.57. The lowest BCUT2D eigenvalue weighted by Crippen LogP contribution is -2.39. The largest absolute Gasteiger partial charge is 0.351 e. The molecule has 1 atom stereocenters. The Morgan fingerprint density at radius 1 is 1.50 bits per heavy atom. The Kier molecular flexibility index (Phi) is 4.00. The van der Waals surface area contributed by atoms with Crippen molar-refractivity contribution < 1.29 is 9.32 Å². The lowest BCUT2D eigenvalue weighted by Gasteiger charge is -2.31. The first kappa shape index (κ1) is 14.8. The second-order valence-corrected chi connectivity index (χ2v) is 6.33. The highest BCUT2D eigenvalue weighted by atomic mass is 16.5. The van der Waals surface area contributed by atoms with Gasteiger partial charge < -0.3 is 9.42 Å². The molecule has 6 heteroatoms. The van der Waals surface area contributed by atoms with Gasteiger partial charge in [-0.15, -0.1) is 0 Å². The van der Waals surface area contributed by atoms with Crippen molar-refractivity contribution in [2.24, 2.45) is 0 Å². The molecule has 0 radical (unpaired) electrons. The molecule has 3 rings (SSSR count). The van der Waals surface area contributed by atoms with E-state index in [1.54, 1.807) is 6.07 Å². The Morgan fingerprint density at radius 2 is 2.32 bits per heavy atom. The smallest absolute Gasteiger partial charge is 0.292 e. The Labute approximate surface area is 129 Å². The number of hydrogen-bond donors (Lipinski definition) is 1. The van der Waals surface area contributed by atoms with Gasteiger partial charge in [0.25, 0.3) is 5.91 Å². The quantitative estimate of drug-likeness (QED) is 0.946. The molecule has 22 heavy (non-hydrogen) atoms. The van der Waals surface area contributed by atoms with Crippen LogP contribution < -0.4 is 0 Å². The molecule has 0 aromatic carbocycles. The molecule has 1 fully saturated rings. The van der Waals surface area contributed by atoms with Crippen molar-refractivity contribution >= 4 is 5.91 Å². The molecular weight excluding hydrogens is 280 g/mol. The van der Waals surface area contributed by atoms with Crippen molar-refractivity contribution in [1.29, 1.82) is 0 Å². The summed E-state index contributed by atoms with van der Waals surface area (Å²) < 4.78 is 5.23. The molecule has 1 aliphatic heterocycles. The maximum atomic E-state index is 12.6. The Hall–Kier alpha value is -2.11. The zero-order valence-electron chi connectivity index (χ0n) is 13.3. The van der Waals surface area contributed by atoms with Crippen molar-refractivity contribution in [3.05, 3.63) is 35.0 Å². The van der Waals surface area contributed by atoms with Crippen LogP contribution in [0.5, 0.6) is 0 Å². The van der Waals surface area contributed by atoms with Crippen LogP contribution in [0.25, 0.3) is 0 Å². The predicted molar refractivity (Wildman–Crippen MR) is 81.8 cm³/mol. The van der Waals surface area contributed by atoms with Crippen LogP contribution in [-0.2, 0) is 0 Å². The van der Waals surface area contributed by atoms with Crippen LogP contribution in [0.15, 0.2) is 16.8 Å². The number of hydrogen-bond acceptors (Lipinski definition) is 4. The molecule has 0 saturated carbocycles. The fourth-order valence-electron chi connectivity index (χ4n) is 2.98. The van der Waals surface area contributed by atoms with E-state index >= 15 is 0 Å². The van der Waals surface area contributed by atoms with E-state index in [0.29, 0.717) is 18.2 Å². The number of nitrogens with zero attached hydrogens (tertiary/aromatic N) is 3. The SMILES string of the molecule is Cc1cn[nH]c1[C@@H]1CCCN(C(=O)c2cc(C(C)C)no2)C1. The van der Waals surface area contributed by atoms with E-state index in [4.69, 9.17) is 4.52 Å². The molecule has 1 N–H and O–H groups in total. The number of rotatable bonds is 3. The van der Waals surface area contributed by atoms with Crippen LogP contribution in [-0.4, -0.2) is 39.3 Å². The van der Waals surface area contributed by atoms with Crippen molar-refractivity contribution in [3.8, 4) is 0 Å². The number of carbonyl (C=O) groups excluding carboxylic acids is 1. The van der Waals surface area contributed by atoms with E-state index in [1.165, 1.54) is 0 Å². The van der Waals surface area contributed by atoms with Gasteiger partial charge in [0.15, 0.2) is 0 Å². The number of H-pyrrole nitrogens is 1. The van der Waals surface area contributed by atoms with E-state index in [-0.39, 0.29) is 11.8 Å². The van der Waals surface area contributed by atoms with E-state index in [2.05, 4.69) is 15.4 Å². The molecule has 118 valence electrons. The summed E-state index contributed by atoms with van der Waals surface area (Å²) in [5.74, 6) is 0.840. The Morgan fingerprint density at radius 3 is 2.95 bits per heavy atom. The molecule has 1 aliphatic rings. The fraction of sp³-hybridized carbons (Fsp3) is 0.562. The highest BCUT2D eigenvalue weighted by Gasteiger charge is 2.29. The first-order chi connectivity index (χ1) is 10.6. The highest BCUT2D eigenvalue weighted by molar-refractivity contribution is 5.91. The summed E-state index contributed by atoms with van der Waals surface area (Å²) in [5.41, 5.74) is 3.11. The molecular formula is C16H22N4O2. The van der Waals surface area contributed by atoms with Crippen molar-refractivity contribution in [3.63, 3.8) is 0 Å². The van der Waals surface area contributed by atoms with Crippen LogP contribution >= 0.6 is 0 Å². The van der Waals surface area contributed by atoms with Crippen LogP contribution in [0.4, 0.5) is 0 Å². The topological polar surface area (TPSA) is 75.0 Å². The first-order valence-electron chi connectivity index (χ1n) is 7.82. The monoisotopic (exact) mass is 302 g/mol. The summed E-state index contributed by atoms with van der Waals surface area (Å²) in [6.07, 6.45) is 3.89. The number of piperidine rings is 1. The molecule has 1 saturated heterocycles. The van der Waals surface area contributed by atoms with Gasteiger partial charge in [-0.2, -0.15) is 5.10 Å². The minimum Gasteiger partial charge on any atom is -0.351 e. The first-order valence-corrected chi connectivity index (χ1v) is 7.82. The van der Waals surface area contributed by atoms with Gasteiger partial charge in [-0.3, -0.25) is 9.89 Å². The summed E-state index contributed by atoms with van der Waals surface area (Å²) in [5, 5.41) is 11.1. The molecule has 0 aliphatic carbocycles. The summed E-state index contributed by atoms with van der Waals surface area (Å²) in [4.78, 5) is 14.5. The Bertz CT molecular complexity index is 659. The lowest BCUT2D eigenvalue weighted by atomic mass is 9.93. The van der Waals surface area contributed by atoms with Gasteiger partial charge >= 0.3 is 0 Å². The maximum Gasteiger partial charge on any atom is 0.292 e. The second-order valence-electron chi connectivity index (χ2n) is 6.33. The van der Waals surface area contributed by atoms with Gasteiger partial charge in [0.05, 0.1) is 11.9 Å². The van der Waals surface area contributed by atoms with Crippen LogP contribution in [0.3, 0.4) is 0 Å². The summed E-state index contributed by atoms with van der Waals surface area (Å²) >= 11 is 0. The maximum absolute atomic E-state index is 12.6. The summed E-state index contributed by atoms with van der Waals surface area (Å²) in [6, 6.07) is 1.76. The van der Waals surface area contributed by atoms with Gasteiger partial charge in [0.1, 0.15) is 0 Å². The number of nitrogens with one attached hydrogen (secondary N) is 1. The normalized spacial score (nSPS) is 18.9. The van der Waals surface area contributed by atoms with Gasteiger partial charge in [0.2, 0.25) is 5.76 Å². The van der Waals surface area contributed by atoms with E-state index in [0.717, 1.165) is 36.3 Å². The zero-order valence-corrected chi connectivity index (χ0v) is 13.3. The molecule has 0 unspecified atom stereocenters. The molecule has 2 aromatic heterocycles. The molecule has 0 bridgehead atoms. The third-order valence-corrected chi connectivity index (χ3v) is 4.32. The minimum atomic E-state index is -0.0683. The van der Waals surface area contributed by atoms with Crippen molar-refractivity contribution in [1.82, 2.24) is 20.3 Å². The molecule has 3 heterocycles. The average molecular weight is 302 g/mol. The predicted octanol–water partition coefficient (Wildman–Crippen LogP) is 2.85. The molecule has 6 nitrogen and oxygen atoms in total. The molecule has 0 spiro atoms. The number of likely N-dealkylation sites (tertiary alicyclic amines) is 1. The van der Waals surface area contributed by atoms with E-state index in [9.17, 15) is 4.79 Å². The van der Waals surface area contributed by atoms with Gasteiger partial charge in [-0.25, -0.2) is 0 Å². The minimum absolute atomic E-state index is 0.0683. The second kappa shape index (κ2) is 5.94. The van der Waals surface area contributed by atoms with E-state index < -0.39 is 0 Å².